The third-order valence-corrected chi connectivity index (χ3v) is 5.94. The minimum atomic E-state index is 0.551. The summed E-state index contributed by atoms with van der Waals surface area (Å²) in [6.07, 6.45) is 3.23. The lowest BCUT2D eigenvalue weighted by molar-refractivity contribution is 0.307. The Balaban J connectivity index is 1.47. The quantitative estimate of drug-likeness (QED) is 0.283. The Kier molecular flexibility index (Phi) is 6.09. The summed E-state index contributed by atoms with van der Waals surface area (Å²) in [6, 6.07) is 29.6. The second-order valence-electron chi connectivity index (χ2n) is 8.79. The molecule has 5 aromatic rings. The molecule has 5 rings (SSSR count). The third-order valence-electron chi connectivity index (χ3n) is 5.94. The number of benzene rings is 4. The molecular weight excluding hydrogens is 406 g/mol. The Morgan fingerprint density at radius 1 is 0.848 bits per heavy atom. The third kappa shape index (κ3) is 4.91. The molecule has 1 heterocycles. The Labute approximate surface area is 195 Å². The fourth-order valence-corrected chi connectivity index (χ4v) is 4.24. The maximum Gasteiger partial charge on any atom is 0.121 e. The number of hydrogen-bond acceptors (Lipinski definition) is 3. The fourth-order valence-electron chi connectivity index (χ4n) is 4.24. The van der Waals surface area contributed by atoms with Crippen LogP contribution in [0.25, 0.3) is 32.8 Å². The van der Waals surface area contributed by atoms with Gasteiger partial charge in [0.1, 0.15) is 12.4 Å². The molecule has 166 valence electrons. The number of fused-ring (bicyclic) bond motifs is 2. The molecule has 0 aliphatic heterocycles. The van der Waals surface area contributed by atoms with Crippen LogP contribution in [0.1, 0.15) is 12.0 Å². The van der Waals surface area contributed by atoms with Gasteiger partial charge in [-0.2, -0.15) is 5.10 Å². The van der Waals surface area contributed by atoms with Crippen LogP contribution in [0.3, 0.4) is 0 Å². The monoisotopic (exact) mass is 435 g/mol. The van der Waals surface area contributed by atoms with Gasteiger partial charge in [0.25, 0.3) is 0 Å². The van der Waals surface area contributed by atoms with Crippen LogP contribution in [-0.2, 0) is 13.2 Å². The van der Waals surface area contributed by atoms with Gasteiger partial charge in [0.2, 0.25) is 0 Å². The van der Waals surface area contributed by atoms with Gasteiger partial charge in [-0.15, -0.1) is 0 Å². The zero-order valence-corrected chi connectivity index (χ0v) is 19.2. The van der Waals surface area contributed by atoms with Crippen LogP contribution < -0.4 is 4.74 Å². The van der Waals surface area contributed by atoms with Crippen LogP contribution in [0.4, 0.5) is 0 Å². The van der Waals surface area contributed by atoms with Gasteiger partial charge in [-0.3, -0.25) is 4.68 Å². The van der Waals surface area contributed by atoms with Crippen LogP contribution in [-0.4, -0.2) is 35.3 Å². The highest BCUT2D eigenvalue weighted by molar-refractivity contribution is 5.99. The summed E-state index contributed by atoms with van der Waals surface area (Å²) in [5.41, 5.74) is 4.51. The van der Waals surface area contributed by atoms with Gasteiger partial charge >= 0.3 is 0 Å². The summed E-state index contributed by atoms with van der Waals surface area (Å²) >= 11 is 0. The molecule has 0 saturated heterocycles. The largest absolute Gasteiger partial charge is 0.489 e. The highest BCUT2D eigenvalue weighted by Crippen LogP contribution is 2.34. The topological polar surface area (TPSA) is 30.3 Å². The van der Waals surface area contributed by atoms with E-state index in [1.54, 1.807) is 0 Å². The molecule has 4 aromatic carbocycles. The van der Waals surface area contributed by atoms with Crippen molar-refractivity contribution in [3.05, 3.63) is 96.7 Å². The van der Waals surface area contributed by atoms with Crippen molar-refractivity contribution in [1.29, 1.82) is 0 Å². The summed E-state index contributed by atoms with van der Waals surface area (Å²) in [5, 5.41) is 8.40. The van der Waals surface area contributed by atoms with Gasteiger partial charge in [0, 0.05) is 18.1 Å². The first-order valence-corrected chi connectivity index (χ1v) is 11.5. The standard InChI is InChI=1S/C29H29N3O/c1-31(2)15-8-16-32-20-25-14-13-24(18-29(25)30-32)28-19-26(17-23-11-6-7-12-27(23)28)33-21-22-9-4-3-5-10-22/h3-7,9-14,17-20H,8,15-16,21H2,1-2H3. The van der Waals surface area contributed by atoms with Gasteiger partial charge in [-0.1, -0.05) is 66.7 Å². The molecule has 0 radical (unpaired) electrons. The van der Waals surface area contributed by atoms with Crippen molar-refractivity contribution < 1.29 is 4.74 Å². The minimum Gasteiger partial charge on any atom is -0.489 e. The second kappa shape index (κ2) is 9.47. The molecule has 0 aliphatic rings. The van der Waals surface area contributed by atoms with E-state index in [0.717, 1.165) is 41.9 Å². The lowest BCUT2D eigenvalue weighted by Crippen LogP contribution is -2.15. The molecule has 1 aromatic heterocycles. The van der Waals surface area contributed by atoms with Crippen molar-refractivity contribution >= 4 is 21.7 Å². The molecule has 0 bridgehead atoms. The lowest BCUT2D eigenvalue weighted by atomic mass is 9.97. The number of aromatic nitrogens is 2. The molecule has 4 nitrogen and oxygen atoms in total. The van der Waals surface area contributed by atoms with E-state index in [1.807, 2.05) is 18.2 Å². The van der Waals surface area contributed by atoms with E-state index in [1.165, 1.54) is 21.7 Å². The van der Waals surface area contributed by atoms with E-state index >= 15 is 0 Å². The number of ether oxygens (including phenoxy) is 1. The molecule has 0 aliphatic carbocycles. The zero-order valence-electron chi connectivity index (χ0n) is 19.2. The Hall–Kier alpha value is -3.63. The molecular formula is C29H29N3O. The second-order valence-corrected chi connectivity index (χ2v) is 8.79. The van der Waals surface area contributed by atoms with Crippen molar-refractivity contribution in [2.24, 2.45) is 0 Å². The Morgan fingerprint density at radius 2 is 1.67 bits per heavy atom. The van der Waals surface area contributed by atoms with Gasteiger partial charge in [0.15, 0.2) is 0 Å². The maximum atomic E-state index is 6.19. The predicted molar refractivity (Wildman–Crippen MR) is 137 cm³/mol. The van der Waals surface area contributed by atoms with Gasteiger partial charge in [-0.05, 0) is 72.7 Å². The average molecular weight is 436 g/mol. The van der Waals surface area contributed by atoms with E-state index in [9.17, 15) is 0 Å². The minimum absolute atomic E-state index is 0.551. The molecule has 0 spiro atoms. The normalized spacial score (nSPS) is 11.5. The number of rotatable bonds is 8. The first-order valence-electron chi connectivity index (χ1n) is 11.5. The van der Waals surface area contributed by atoms with Crippen molar-refractivity contribution in [1.82, 2.24) is 14.7 Å². The lowest BCUT2D eigenvalue weighted by Gasteiger charge is -2.12. The summed E-state index contributed by atoms with van der Waals surface area (Å²) in [4.78, 5) is 2.21. The first-order chi connectivity index (χ1) is 16.2. The van der Waals surface area contributed by atoms with E-state index in [2.05, 4.69) is 96.6 Å². The van der Waals surface area contributed by atoms with Crippen LogP contribution >= 0.6 is 0 Å². The van der Waals surface area contributed by atoms with E-state index < -0.39 is 0 Å². The molecule has 0 atom stereocenters. The number of nitrogens with zero attached hydrogens (tertiary/aromatic N) is 3. The maximum absolute atomic E-state index is 6.19. The highest BCUT2D eigenvalue weighted by Gasteiger charge is 2.10. The van der Waals surface area contributed by atoms with Crippen molar-refractivity contribution in [3.8, 4) is 16.9 Å². The Morgan fingerprint density at radius 3 is 2.52 bits per heavy atom. The molecule has 0 N–H and O–H groups in total. The Bertz CT molecular complexity index is 1370. The van der Waals surface area contributed by atoms with Crippen LogP contribution in [0.5, 0.6) is 5.75 Å². The summed E-state index contributed by atoms with van der Waals surface area (Å²) in [6.45, 7) is 2.53. The molecule has 4 heteroatoms. The fraction of sp³-hybridized carbons (Fsp3) is 0.207. The smallest absolute Gasteiger partial charge is 0.121 e. The van der Waals surface area contributed by atoms with E-state index in [0.29, 0.717) is 6.61 Å². The summed E-state index contributed by atoms with van der Waals surface area (Å²) in [5.74, 6) is 0.877. The first kappa shape index (κ1) is 21.2. The van der Waals surface area contributed by atoms with E-state index in [4.69, 9.17) is 9.84 Å². The van der Waals surface area contributed by atoms with Crippen molar-refractivity contribution in [2.45, 2.75) is 19.6 Å². The van der Waals surface area contributed by atoms with Gasteiger partial charge in [0.05, 0.1) is 5.52 Å². The average Bonchev–Trinajstić information content (AvgIpc) is 3.24. The summed E-state index contributed by atoms with van der Waals surface area (Å²) < 4.78 is 8.26. The predicted octanol–water partition coefficient (Wildman–Crippen LogP) is 6.39. The molecule has 0 saturated carbocycles. The van der Waals surface area contributed by atoms with Crippen molar-refractivity contribution in [3.63, 3.8) is 0 Å². The molecule has 0 fully saturated rings. The van der Waals surface area contributed by atoms with Crippen molar-refractivity contribution in [2.75, 3.05) is 20.6 Å². The highest BCUT2D eigenvalue weighted by atomic mass is 16.5. The van der Waals surface area contributed by atoms with Crippen LogP contribution in [0, 0.1) is 0 Å². The van der Waals surface area contributed by atoms with E-state index in [-0.39, 0.29) is 0 Å². The van der Waals surface area contributed by atoms with Crippen LogP contribution in [0.2, 0.25) is 0 Å². The van der Waals surface area contributed by atoms with Gasteiger partial charge < -0.3 is 9.64 Å². The van der Waals surface area contributed by atoms with Gasteiger partial charge in [-0.25, -0.2) is 0 Å². The zero-order chi connectivity index (χ0) is 22.6. The number of aryl methyl sites for hydroxylation is 1. The number of hydrogen-bond donors (Lipinski definition) is 0. The summed E-state index contributed by atoms with van der Waals surface area (Å²) in [7, 11) is 4.21. The molecule has 0 amide bonds. The molecule has 33 heavy (non-hydrogen) atoms. The molecule has 0 unspecified atom stereocenters. The van der Waals surface area contributed by atoms with Crippen LogP contribution in [0.15, 0.2) is 91.1 Å². The SMILES string of the molecule is CN(C)CCCn1cc2ccc(-c3cc(OCc4ccccc4)cc4ccccc34)cc2n1.